The predicted molar refractivity (Wildman–Crippen MR) is 123 cm³/mol. The maximum absolute atomic E-state index is 12.1. The lowest BCUT2D eigenvalue weighted by Gasteiger charge is -2.63. The Bertz CT molecular complexity index is 674. The number of fused-ring (bicyclic) bond motifs is 5. The molecular formula is C28H46O. The first-order valence-corrected chi connectivity index (χ1v) is 12.9. The Kier molecular flexibility index (Phi) is 5.61. The molecule has 29 heavy (non-hydrogen) atoms. The SMILES string of the molecule is CC(C)CCCC(C)C1CCC2(C)C3CCC4=CC(=O)CCC4(C)C3CCC12C. The summed E-state index contributed by atoms with van der Waals surface area (Å²) in [5, 5.41) is 0. The molecule has 0 N–H and O–H groups in total. The summed E-state index contributed by atoms with van der Waals surface area (Å²) in [6, 6.07) is 0. The van der Waals surface area contributed by atoms with Crippen LogP contribution in [0.3, 0.4) is 0 Å². The first-order chi connectivity index (χ1) is 13.6. The fourth-order valence-corrected chi connectivity index (χ4v) is 8.97. The fourth-order valence-electron chi connectivity index (χ4n) is 8.97. The molecule has 0 aromatic carbocycles. The van der Waals surface area contributed by atoms with Crippen molar-refractivity contribution < 1.29 is 4.79 Å². The minimum atomic E-state index is 0.308. The third-order valence-electron chi connectivity index (χ3n) is 11.0. The van der Waals surface area contributed by atoms with E-state index in [0.717, 1.165) is 42.4 Å². The summed E-state index contributed by atoms with van der Waals surface area (Å²) >= 11 is 0. The van der Waals surface area contributed by atoms with Crippen molar-refractivity contribution in [2.75, 3.05) is 0 Å². The lowest BCUT2D eigenvalue weighted by atomic mass is 9.41. The van der Waals surface area contributed by atoms with Gasteiger partial charge in [0.1, 0.15) is 0 Å². The maximum Gasteiger partial charge on any atom is 0.155 e. The molecule has 0 bridgehead atoms. The van der Waals surface area contributed by atoms with Gasteiger partial charge in [-0.2, -0.15) is 0 Å². The van der Waals surface area contributed by atoms with Crippen molar-refractivity contribution in [1.82, 2.24) is 0 Å². The number of rotatable bonds is 5. The molecule has 7 atom stereocenters. The van der Waals surface area contributed by atoms with Gasteiger partial charge in [0.2, 0.25) is 0 Å². The van der Waals surface area contributed by atoms with Crippen molar-refractivity contribution >= 4 is 5.78 Å². The molecular weight excluding hydrogens is 352 g/mol. The number of ketones is 1. The monoisotopic (exact) mass is 398 g/mol. The Morgan fingerprint density at radius 2 is 1.62 bits per heavy atom. The van der Waals surface area contributed by atoms with Gasteiger partial charge in [0.05, 0.1) is 0 Å². The van der Waals surface area contributed by atoms with Gasteiger partial charge in [-0.1, -0.05) is 66.4 Å². The molecule has 7 unspecified atom stereocenters. The second kappa shape index (κ2) is 7.52. The van der Waals surface area contributed by atoms with Crippen molar-refractivity contribution in [3.63, 3.8) is 0 Å². The van der Waals surface area contributed by atoms with Crippen molar-refractivity contribution in [2.24, 2.45) is 45.8 Å². The van der Waals surface area contributed by atoms with Gasteiger partial charge < -0.3 is 0 Å². The lowest BCUT2D eigenvalue weighted by molar-refractivity contribution is -0.126. The Morgan fingerprint density at radius 3 is 2.34 bits per heavy atom. The van der Waals surface area contributed by atoms with Crippen LogP contribution in [0, 0.1) is 45.8 Å². The largest absolute Gasteiger partial charge is 0.295 e. The van der Waals surface area contributed by atoms with E-state index in [1.807, 2.05) is 0 Å². The van der Waals surface area contributed by atoms with Gasteiger partial charge in [-0.05, 0) is 96.9 Å². The molecule has 164 valence electrons. The van der Waals surface area contributed by atoms with Crippen molar-refractivity contribution in [2.45, 2.75) is 112 Å². The quantitative estimate of drug-likeness (QED) is 0.458. The molecule has 3 fully saturated rings. The van der Waals surface area contributed by atoms with E-state index < -0.39 is 0 Å². The molecule has 0 saturated heterocycles. The summed E-state index contributed by atoms with van der Waals surface area (Å²) in [5.74, 6) is 4.69. The summed E-state index contributed by atoms with van der Waals surface area (Å²) in [7, 11) is 0. The number of hydrogen-bond acceptors (Lipinski definition) is 1. The Balaban J connectivity index is 1.55. The van der Waals surface area contributed by atoms with Crippen LogP contribution >= 0.6 is 0 Å². The van der Waals surface area contributed by atoms with E-state index in [1.165, 1.54) is 63.4 Å². The minimum absolute atomic E-state index is 0.308. The summed E-state index contributed by atoms with van der Waals surface area (Å²) < 4.78 is 0. The van der Waals surface area contributed by atoms with Crippen LogP contribution < -0.4 is 0 Å². The fraction of sp³-hybridized carbons (Fsp3) is 0.893. The Morgan fingerprint density at radius 1 is 0.897 bits per heavy atom. The van der Waals surface area contributed by atoms with Gasteiger partial charge in [-0.3, -0.25) is 4.79 Å². The second-order valence-corrected chi connectivity index (χ2v) is 12.6. The zero-order chi connectivity index (χ0) is 21.0. The molecule has 0 aromatic rings. The molecule has 0 heterocycles. The average Bonchev–Trinajstić information content (AvgIpc) is 2.93. The normalized spacial score (nSPS) is 45.4. The zero-order valence-electron chi connectivity index (χ0n) is 20.2. The number of carbonyl (C=O) groups is 1. The molecule has 4 rings (SSSR count). The third-order valence-corrected chi connectivity index (χ3v) is 11.0. The van der Waals surface area contributed by atoms with E-state index in [0.29, 0.717) is 22.0 Å². The van der Waals surface area contributed by atoms with Crippen LogP contribution in [-0.4, -0.2) is 5.78 Å². The van der Waals surface area contributed by atoms with Crippen LogP contribution in [0.1, 0.15) is 112 Å². The molecule has 4 aliphatic carbocycles. The summed E-state index contributed by atoms with van der Waals surface area (Å²) in [6.45, 7) is 15.2. The highest BCUT2D eigenvalue weighted by atomic mass is 16.1. The third kappa shape index (κ3) is 3.28. The van der Waals surface area contributed by atoms with Gasteiger partial charge in [0, 0.05) is 6.42 Å². The summed E-state index contributed by atoms with van der Waals surface area (Å²) in [6.07, 6.45) is 16.4. The smallest absolute Gasteiger partial charge is 0.155 e. The topological polar surface area (TPSA) is 17.1 Å². The van der Waals surface area contributed by atoms with Crippen molar-refractivity contribution in [3.8, 4) is 0 Å². The van der Waals surface area contributed by atoms with Crippen LogP contribution in [0.4, 0.5) is 0 Å². The minimum Gasteiger partial charge on any atom is -0.295 e. The molecule has 0 radical (unpaired) electrons. The summed E-state index contributed by atoms with van der Waals surface area (Å²) in [4.78, 5) is 12.1. The zero-order valence-corrected chi connectivity index (χ0v) is 20.2. The highest BCUT2D eigenvalue weighted by Gasteiger charge is 2.65. The molecule has 0 spiro atoms. The molecule has 1 nitrogen and oxygen atoms in total. The highest BCUT2D eigenvalue weighted by molar-refractivity contribution is 5.91. The van der Waals surface area contributed by atoms with E-state index in [1.54, 1.807) is 0 Å². The van der Waals surface area contributed by atoms with Crippen LogP contribution in [0.25, 0.3) is 0 Å². The second-order valence-electron chi connectivity index (χ2n) is 12.6. The number of carbonyl (C=O) groups excluding carboxylic acids is 1. The molecule has 1 heteroatoms. The number of hydrogen-bond donors (Lipinski definition) is 0. The molecule has 0 amide bonds. The van der Waals surface area contributed by atoms with E-state index in [2.05, 4.69) is 47.6 Å². The van der Waals surface area contributed by atoms with E-state index in [-0.39, 0.29) is 0 Å². The lowest BCUT2D eigenvalue weighted by Crippen LogP contribution is -2.55. The van der Waals surface area contributed by atoms with E-state index in [9.17, 15) is 4.79 Å². The van der Waals surface area contributed by atoms with Gasteiger partial charge in [-0.15, -0.1) is 0 Å². The Labute approximate surface area is 180 Å². The van der Waals surface area contributed by atoms with Gasteiger partial charge in [-0.25, -0.2) is 0 Å². The first-order valence-electron chi connectivity index (χ1n) is 12.9. The molecule has 3 saturated carbocycles. The van der Waals surface area contributed by atoms with Crippen LogP contribution in [0.15, 0.2) is 11.6 Å². The van der Waals surface area contributed by atoms with Gasteiger partial charge in [0.15, 0.2) is 5.78 Å². The van der Waals surface area contributed by atoms with E-state index in [4.69, 9.17) is 0 Å². The molecule has 0 aliphatic heterocycles. The van der Waals surface area contributed by atoms with Crippen molar-refractivity contribution in [3.05, 3.63) is 11.6 Å². The van der Waals surface area contributed by atoms with Gasteiger partial charge in [0.25, 0.3) is 0 Å². The first kappa shape index (κ1) is 21.6. The van der Waals surface area contributed by atoms with Crippen LogP contribution in [-0.2, 0) is 4.79 Å². The van der Waals surface area contributed by atoms with Gasteiger partial charge >= 0.3 is 0 Å². The highest BCUT2D eigenvalue weighted by Crippen LogP contribution is 2.73. The summed E-state index contributed by atoms with van der Waals surface area (Å²) in [5.41, 5.74) is 2.84. The maximum atomic E-state index is 12.1. The van der Waals surface area contributed by atoms with E-state index >= 15 is 0 Å². The Hall–Kier alpha value is -0.590. The van der Waals surface area contributed by atoms with Crippen LogP contribution in [0.2, 0.25) is 0 Å². The van der Waals surface area contributed by atoms with Crippen molar-refractivity contribution in [1.29, 1.82) is 0 Å². The molecule has 0 aromatic heterocycles. The predicted octanol–water partition coefficient (Wildman–Crippen LogP) is 7.99. The standard InChI is InChI=1S/C28H46O/c1-19(2)8-7-9-20(3)23-13-16-28(6)25-11-10-21-18-22(29)12-15-26(21,4)24(25)14-17-27(23,28)5/h18-20,23-25H,7-17H2,1-6H3. The average molecular weight is 399 g/mol. The molecule has 4 aliphatic rings. The van der Waals surface area contributed by atoms with Crippen LogP contribution in [0.5, 0.6) is 0 Å². The number of allylic oxidation sites excluding steroid dienone is 1.